The number of benzene rings is 1. The van der Waals surface area contributed by atoms with Crippen LogP contribution in [-0.4, -0.2) is 23.5 Å². The number of aromatic nitrogens is 1. The monoisotopic (exact) mass is 400 g/mol. The average Bonchev–Trinajstić information content (AvgIpc) is 3.38. The van der Waals surface area contributed by atoms with E-state index >= 15 is 0 Å². The van der Waals surface area contributed by atoms with Crippen LogP contribution in [0.3, 0.4) is 0 Å². The molecular weight excluding hydrogens is 380 g/mol. The van der Waals surface area contributed by atoms with Gasteiger partial charge in [0, 0.05) is 5.38 Å². The Morgan fingerprint density at radius 2 is 1.96 bits per heavy atom. The van der Waals surface area contributed by atoms with Crippen LogP contribution in [-0.2, 0) is 9.53 Å². The molecular formula is C20H20N2O3S2. The third-order valence-corrected chi connectivity index (χ3v) is 5.78. The van der Waals surface area contributed by atoms with Crippen molar-refractivity contribution in [2.45, 2.75) is 25.8 Å². The van der Waals surface area contributed by atoms with Gasteiger partial charge < -0.3 is 10.1 Å². The number of nitrogens with zero attached hydrogens (tertiary/aromatic N) is 1. The Morgan fingerprint density at radius 1 is 1.15 bits per heavy atom. The number of thiophene rings is 1. The highest BCUT2D eigenvalue weighted by Crippen LogP contribution is 2.28. The van der Waals surface area contributed by atoms with E-state index in [1.54, 1.807) is 16.7 Å². The molecule has 1 atom stereocenters. The average molecular weight is 401 g/mol. The van der Waals surface area contributed by atoms with Gasteiger partial charge in [-0.15, -0.1) is 22.7 Å². The van der Waals surface area contributed by atoms with Gasteiger partial charge in [-0.2, -0.15) is 0 Å². The van der Waals surface area contributed by atoms with Crippen molar-refractivity contribution in [3.05, 3.63) is 64.5 Å². The molecule has 1 unspecified atom stereocenters. The molecule has 27 heavy (non-hydrogen) atoms. The van der Waals surface area contributed by atoms with Crippen LogP contribution in [0.5, 0.6) is 0 Å². The van der Waals surface area contributed by atoms with Gasteiger partial charge >= 0.3 is 5.97 Å². The van der Waals surface area contributed by atoms with Gasteiger partial charge in [-0.05, 0) is 23.4 Å². The highest BCUT2D eigenvalue weighted by atomic mass is 32.1. The summed E-state index contributed by atoms with van der Waals surface area (Å²) in [4.78, 5) is 29.7. The van der Waals surface area contributed by atoms with Crippen molar-refractivity contribution < 1.29 is 14.3 Å². The number of ether oxygens (including phenoxy) is 1. The molecule has 3 rings (SSSR count). The van der Waals surface area contributed by atoms with Crippen LogP contribution >= 0.6 is 22.7 Å². The second-order valence-electron chi connectivity index (χ2n) is 5.91. The molecule has 0 saturated heterocycles. The Labute approximate surface area is 166 Å². The van der Waals surface area contributed by atoms with E-state index in [-0.39, 0.29) is 24.2 Å². The van der Waals surface area contributed by atoms with E-state index in [2.05, 4.69) is 17.2 Å². The van der Waals surface area contributed by atoms with Crippen molar-refractivity contribution in [1.82, 2.24) is 10.3 Å². The summed E-state index contributed by atoms with van der Waals surface area (Å²) < 4.78 is 5.13. The quantitative estimate of drug-likeness (QED) is 0.557. The first-order valence-electron chi connectivity index (χ1n) is 8.68. The molecule has 1 N–H and O–H groups in total. The largest absolute Gasteiger partial charge is 0.451 e. The maximum atomic E-state index is 12.2. The summed E-state index contributed by atoms with van der Waals surface area (Å²) in [7, 11) is 0. The van der Waals surface area contributed by atoms with Gasteiger partial charge in [0.1, 0.15) is 5.01 Å². The first-order chi connectivity index (χ1) is 13.2. The molecule has 0 radical (unpaired) electrons. The van der Waals surface area contributed by atoms with E-state index in [1.165, 1.54) is 11.3 Å². The van der Waals surface area contributed by atoms with Crippen LogP contribution in [0.2, 0.25) is 0 Å². The molecule has 0 spiro atoms. The molecule has 1 amide bonds. The minimum atomic E-state index is -0.587. The van der Waals surface area contributed by atoms with Gasteiger partial charge in [0.05, 0.1) is 10.9 Å². The van der Waals surface area contributed by atoms with Gasteiger partial charge in [-0.25, -0.2) is 9.78 Å². The molecule has 7 heteroatoms. The molecule has 2 heterocycles. The van der Waals surface area contributed by atoms with E-state index < -0.39 is 5.97 Å². The lowest BCUT2D eigenvalue weighted by atomic mass is 10.0. The van der Waals surface area contributed by atoms with Crippen LogP contribution in [0.1, 0.15) is 41.9 Å². The molecule has 0 aliphatic carbocycles. The first kappa shape index (κ1) is 19.3. The van der Waals surface area contributed by atoms with Crippen LogP contribution < -0.4 is 5.32 Å². The fraction of sp³-hybridized carbons (Fsp3) is 0.250. The summed E-state index contributed by atoms with van der Waals surface area (Å²) in [6.07, 6.45) is 1.75. The summed E-state index contributed by atoms with van der Waals surface area (Å²) in [6, 6.07) is 13.6. The van der Waals surface area contributed by atoms with E-state index in [0.29, 0.717) is 0 Å². The second-order valence-corrected chi connectivity index (χ2v) is 7.72. The summed E-state index contributed by atoms with van der Waals surface area (Å²) in [5.74, 6) is -0.907. The Balaban J connectivity index is 1.54. The fourth-order valence-corrected chi connectivity index (χ4v) is 4.22. The lowest BCUT2D eigenvalue weighted by Gasteiger charge is -2.18. The number of hydrogen-bond acceptors (Lipinski definition) is 6. The number of carbonyl (C=O) groups excluding carboxylic acids is 2. The number of hydrogen-bond donors (Lipinski definition) is 1. The van der Waals surface area contributed by atoms with Crippen LogP contribution in [0.4, 0.5) is 0 Å². The van der Waals surface area contributed by atoms with Crippen LogP contribution in [0.15, 0.2) is 53.2 Å². The van der Waals surface area contributed by atoms with Crippen LogP contribution in [0, 0.1) is 0 Å². The summed E-state index contributed by atoms with van der Waals surface area (Å²) >= 11 is 2.94. The van der Waals surface area contributed by atoms with Crippen molar-refractivity contribution in [1.29, 1.82) is 0 Å². The van der Waals surface area contributed by atoms with E-state index in [9.17, 15) is 9.59 Å². The van der Waals surface area contributed by atoms with Gasteiger partial charge in [0.15, 0.2) is 12.3 Å². The lowest BCUT2D eigenvalue weighted by molar-refractivity contribution is -0.125. The molecule has 0 aliphatic rings. The smallest absolute Gasteiger partial charge is 0.358 e. The molecule has 140 valence electrons. The molecule has 5 nitrogen and oxygen atoms in total. The van der Waals surface area contributed by atoms with Gasteiger partial charge in [-0.1, -0.05) is 49.7 Å². The number of carbonyl (C=O) groups is 2. The molecule has 0 saturated carbocycles. The molecule has 0 aliphatic heterocycles. The van der Waals surface area contributed by atoms with Crippen LogP contribution in [0.25, 0.3) is 9.88 Å². The zero-order valence-electron chi connectivity index (χ0n) is 14.9. The minimum absolute atomic E-state index is 0.0906. The lowest BCUT2D eigenvalue weighted by Crippen LogP contribution is -2.32. The molecule has 2 aromatic heterocycles. The van der Waals surface area contributed by atoms with Gasteiger partial charge in [0.2, 0.25) is 0 Å². The van der Waals surface area contributed by atoms with Crippen molar-refractivity contribution >= 4 is 34.6 Å². The highest BCUT2D eigenvalue weighted by molar-refractivity contribution is 7.20. The number of esters is 1. The SMILES string of the molecule is CCCC(NC(=O)COC(=O)c1csc(-c2cccs2)n1)c1ccccc1. The Morgan fingerprint density at radius 3 is 2.67 bits per heavy atom. The molecule has 3 aromatic rings. The Hall–Kier alpha value is -2.51. The summed E-state index contributed by atoms with van der Waals surface area (Å²) in [6.45, 7) is 1.74. The second kappa shape index (κ2) is 9.43. The highest BCUT2D eigenvalue weighted by Gasteiger charge is 2.17. The molecule has 0 bridgehead atoms. The zero-order valence-corrected chi connectivity index (χ0v) is 16.5. The predicted molar refractivity (Wildman–Crippen MR) is 108 cm³/mol. The number of rotatable bonds is 8. The normalized spacial score (nSPS) is 11.7. The standard InChI is InChI=1S/C20H20N2O3S2/c1-2-7-15(14-8-4-3-5-9-14)21-18(23)12-25-20(24)16-13-27-19(22-16)17-10-6-11-26-17/h3-6,8-11,13,15H,2,7,12H2,1H3,(H,21,23). The van der Waals surface area contributed by atoms with Crippen molar-refractivity contribution in [2.24, 2.45) is 0 Å². The van der Waals surface area contributed by atoms with E-state index in [0.717, 1.165) is 28.3 Å². The Kier molecular flexibility index (Phi) is 6.73. The number of amides is 1. The summed E-state index contributed by atoms with van der Waals surface area (Å²) in [5.41, 5.74) is 1.27. The maximum Gasteiger partial charge on any atom is 0.358 e. The third kappa shape index (κ3) is 5.24. The minimum Gasteiger partial charge on any atom is -0.451 e. The summed E-state index contributed by atoms with van der Waals surface area (Å²) in [5, 5.41) is 7.32. The number of nitrogens with one attached hydrogen (secondary N) is 1. The topological polar surface area (TPSA) is 68.3 Å². The third-order valence-electron chi connectivity index (χ3n) is 3.89. The van der Waals surface area contributed by atoms with Gasteiger partial charge in [0.25, 0.3) is 5.91 Å². The molecule has 1 aromatic carbocycles. The van der Waals surface area contributed by atoms with Crippen molar-refractivity contribution in [3.63, 3.8) is 0 Å². The van der Waals surface area contributed by atoms with Crippen molar-refractivity contribution in [3.8, 4) is 9.88 Å². The van der Waals surface area contributed by atoms with Crippen molar-refractivity contribution in [2.75, 3.05) is 6.61 Å². The fourth-order valence-electron chi connectivity index (χ4n) is 2.62. The zero-order chi connectivity index (χ0) is 19.1. The maximum absolute atomic E-state index is 12.2. The predicted octanol–water partition coefficient (Wildman–Crippen LogP) is 4.69. The first-order valence-corrected chi connectivity index (χ1v) is 10.4. The van der Waals surface area contributed by atoms with Gasteiger partial charge in [-0.3, -0.25) is 4.79 Å². The van der Waals surface area contributed by atoms with E-state index in [1.807, 2.05) is 47.8 Å². The number of thiazole rings is 1. The Bertz CT molecular complexity index is 876. The van der Waals surface area contributed by atoms with E-state index in [4.69, 9.17) is 4.74 Å². The molecule has 0 fully saturated rings.